The minimum absolute atomic E-state index is 0.0487. The lowest BCUT2D eigenvalue weighted by molar-refractivity contribution is 0.0750. The number of aromatic amines is 1. The molecule has 0 atom stereocenters. The lowest BCUT2D eigenvalue weighted by Gasteiger charge is -2.23. The SMILES string of the molecule is CC(C)(O)c1c(F)cc(C(N)=O)cc1-c1ccc2[nH]cnc2c1. The van der Waals surface area contributed by atoms with Gasteiger partial charge in [0.15, 0.2) is 0 Å². The number of rotatable bonds is 3. The maximum Gasteiger partial charge on any atom is 0.248 e. The van der Waals surface area contributed by atoms with E-state index in [1.165, 1.54) is 19.9 Å². The molecule has 0 radical (unpaired) electrons. The molecule has 5 nitrogen and oxygen atoms in total. The number of nitrogens with zero attached hydrogens (tertiary/aromatic N) is 1. The van der Waals surface area contributed by atoms with Crippen LogP contribution in [0.15, 0.2) is 36.7 Å². The molecule has 1 aromatic heterocycles. The van der Waals surface area contributed by atoms with Gasteiger partial charge in [-0.25, -0.2) is 9.37 Å². The number of primary amides is 1. The van der Waals surface area contributed by atoms with Gasteiger partial charge in [0.2, 0.25) is 5.91 Å². The van der Waals surface area contributed by atoms with E-state index in [0.717, 1.165) is 11.6 Å². The molecule has 6 heteroatoms. The standard InChI is InChI=1S/C17H16FN3O2/c1-17(2,23)15-11(5-10(16(19)22)6-12(15)18)9-3-4-13-14(7-9)21-8-20-13/h3-8,23H,1-2H3,(H2,19,22)(H,20,21). The highest BCUT2D eigenvalue weighted by atomic mass is 19.1. The van der Waals surface area contributed by atoms with Gasteiger partial charge in [0.1, 0.15) is 5.82 Å². The molecule has 4 N–H and O–H groups in total. The Morgan fingerprint density at radius 2 is 2.04 bits per heavy atom. The Morgan fingerprint density at radius 3 is 2.70 bits per heavy atom. The fraction of sp³-hybridized carbons (Fsp3) is 0.176. The Balaban J connectivity index is 2.32. The third kappa shape index (κ3) is 2.68. The van der Waals surface area contributed by atoms with E-state index < -0.39 is 17.3 Å². The highest BCUT2D eigenvalue weighted by Crippen LogP contribution is 2.35. The normalized spacial score (nSPS) is 11.8. The Kier molecular flexibility index (Phi) is 3.41. The van der Waals surface area contributed by atoms with Crippen LogP contribution in [0.1, 0.15) is 29.8 Å². The molecule has 0 fully saturated rings. The van der Waals surface area contributed by atoms with Crippen LogP contribution in [-0.4, -0.2) is 21.0 Å². The van der Waals surface area contributed by atoms with E-state index in [0.29, 0.717) is 16.6 Å². The van der Waals surface area contributed by atoms with Crippen LogP contribution in [0, 0.1) is 5.82 Å². The van der Waals surface area contributed by atoms with Crippen LogP contribution < -0.4 is 5.73 Å². The van der Waals surface area contributed by atoms with Crippen molar-refractivity contribution in [2.75, 3.05) is 0 Å². The van der Waals surface area contributed by atoms with Gasteiger partial charge >= 0.3 is 0 Å². The number of aliphatic hydroxyl groups is 1. The molecule has 23 heavy (non-hydrogen) atoms. The zero-order valence-corrected chi connectivity index (χ0v) is 12.7. The van der Waals surface area contributed by atoms with E-state index in [2.05, 4.69) is 9.97 Å². The Labute approximate surface area is 132 Å². The van der Waals surface area contributed by atoms with Crippen LogP contribution >= 0.6 is 0 Å². The summed E-state index contributed by atoms with van der Waals surface area (Å²) >= 11 is 0. The zero-order valence-electron chi connectivity index (χ0n) is 12.7. The van der Waals surface area contributed by atoms with Gasteiger partial charge < -0.3 is 15.8 Å². The molecule has 0 unspecified atom stereocenters. The van der Waals surface area contributed by atoms with E-state index in [9.17, 15) is 14.3 Å². The molecule has 0 saturated heterocycles. The van der Waals surface area contributed by atoms with Gasteiger partial charge in [-0.3, -0.25) is 4.79 Å². The highest BCUT2D eigenvalue weighted by Gasteiger charge is 2.26. The molecule has 3 rings (SSSR count). The maximum atomic E-state index is 14.5. The largest absolute Gasteiger partial charge is 0.386 e. The Morgan fingerprint density at radius 1 is 1.30 bits per heavy atom. The molecule has 1 heterocycles. The van der Waals surface area contributed by atoms with Gasteiger partial charge in [0.25, 0.3) is 0 Å². The lowest BCUT2D eigenvalue weighted by atomic mass is 9.87. The second-order valence-electron chi connectivity index (χ2n) is 5.94. The summed E-state index contributed by atoms with van der Waals surface area (Å²) in [6.07, 6.45) is 1.56. The number of amides is 1. The average molecular weight is 313 g/mol. The highest BCUT2D eigenvalue weighted by molar-refractivity contribution is 5.95. The van der Waals surface area contributed by atoms with E-state index in [1.807, 2.05) is 0 Å². The molecule has 118 valence electrons. The number of aromatic nitrogens is 2. The molecule has 0 aliphatic rings. The third-order valence-electron chi connectivity index (χ3n) is 3.72. The van der Waals surface area contributed by atoms with Crippen LogP contribution in [-0.2, 0) is 5.60 Å². The van der Waals surface area contributed by atoms with Crippen molar-refractivity contribution in [1.82, 2.24) is 9.97 Å². The monoisotopic (exact) mass is 313 g/mol. The number of H-pyrrole nitrogens is 1. The van der Waals surface area contributed by atoms with Crippen molar-refractivity contribution in [1.29, 1.82) is 0 Å². The summed E-state index contributed by atoms with van der Waals surface area (Å²) in [6.45, 7) is 2.98. The summed E-state index contributed by atoms with van der Waals surface area (Å²) in [5, 5.41) is 10.3. The minimum atomic E-state index is -1.42. The van der Waals surface area contributed by atoms with Crippen LogP contribution in [0.25, 0.3) is 22.2 Å². The molecule has 0 bridgehead atoms. The molecular formula is C17H16FN3O2. The van der Waals surface area contributed by atoms with Crippen LogP contribution in [0.5, 0.6) is 0 Å². The summed E-state index contributed by atoms with van der Waals surface area (Å²) < 4.78 is 14.5. The number of carbonyl (C=O) groups is 1. The Hall–Kier alpha value is -2.73. The minimum Gasteiger partial charge on any atom is -0.386 e. The van der Waals surface area contributed by atoms with Gasteiger partial charge in [-0.2, -0.15) is 0 Å². The van der Waals surface area contributed by atoms with Crippen LogP contribution in [0.3, 0.4) is 0 Å². The Bertz CT molecular complexity index is 910. The van der Waals surface area contributed by atoms with Crippen molar-refractivity contribution in [2.45, 2.75) is 19.4 Å². The molecule has 2 aromatic carbocycles. The van der Waals surface area contributed by atoms with E-state index >= 15 is 0 Å². The average Bonchev–Trinajstić information content (AvgIpc) is 2.92. The number of benzene rings is 2. The third-order valence-corrected chi connectivity index (χ3v) is 3.72. The van der Waals surface area contributed by atoms with Crippen molar-refractivity contribution in [2.24, 2.45) is 5.73 Å². The second kappa shape index (κ2) is 5.17. The first kappa shape index (κ1) is 15.2. The predicted molar refractivity (Wildman–Crippen MR) is 85.3 cm³/mol. The van der Waals surface area contributed by atoms with Gasteiger partial charge in [0, 0.05) is 11.1 Å². The summed E-state index contributed by atoms with van der Waals surface area (Å²) in [7, 11) is 0. The smallest absolute Gasteiger partial charge is 0.248 e. The zero-order chi connectivity index (χ0) is 16.8. The number of imidazole rings is 1. The number of nitrogens with one attached hydrogen (secondary N) is 1. The molecule has 0 spiro atoms. The summed E-state index contributed by atoms with van der Waals surface area (Å²) in [5.74, 6) is -1.40. The molecule has 1 amide bonds. The number of carbonyl (C=O) groups excluding carboxylic acids is 1. The predicted octanol–water partition coefficient (Wildman–Crippen LogP) is 2.70. The van der Waals surface area contributed by atoms with Gasteiger partial charge in [-0.05, 0) is 49.2 Å². The van der Waals surface area contributed by atoms with Crippen LogP contribution in [0.4, 0.5) is 4.39 Å². The number of nitrogens with two attached hydrogens (primary N) is 1. The van der Waals surface area contributed by atoms with Gasteiger partial charge in [-0.15, -0.1) is 0 Å². The van der Waals surface area contributed by atoms with Crippen molar-refractivity contribution >= 4 is 16.9 Å². The van der Waals surface area contributed by atoms with Crippen molar-refractivity contribution in [3.63, 3.8) is 0 Å². The number of hydrogen-bond donors (Lipinski definition) is 3. The summed E-state index contributed by atoms with van der Waals surface area (Å²) in [6, 6.07) is 7.88. The van der Waals surface area contributed by atoms with Crippen molar-refractivity contribution in [3.05, 3.63) is 53.6 Å². The first-order valence-corrected chi connectivity index (χ1v) is 7.07. The fourth-order valence-electron chi connectivity index (χ4n) is 2.70. The second-order valence-corrected chi connectivity index (χ2v) is 5.94. The quantitative estimate of drug-likeness (QED) is 0.694. The molecule has 0 aliphatic heterocycles. The number of fused-ring (bicyclic) bond motifs is 1. The summed E-state index contributed by atoms with van der Waals surface area (Å²) in [5.41, 5.74) is 6.61. The van der Waals surface area contributed by atoms with E-state index in [4.69, 9.17) is 5.73 Å². The van der Waals surface area contributed by atoms with Crippen LogP contribution in [0.2, 0.25) is 0 Å². The maximum absolute atomic E-state index is 14.5. The molecular weight excluding hydrogens is 297 g/mol. The fourth-order valence-corrected chi connectivity index (χ4v) is 2.70. The summed E-state index contributed by atoms with van der Waals surface area (Å²) in [4.78, 5) is 18.6. The van der Waals surface area contributed by atoms with Crippen molar-refractivity contribution in [3.8, 4) is 11.1 Å². The molecule has 0 saturated carbocycles. The first-order chi connectivity index (χ1) is 10.8. The molecule has 0 aliphatic carbocycles. The van der Waals surface area contributed by atoms with Gasteiger partial charge in [0.05, 0.1) is 23.0 Å². The van der Waals surface area contributed by atoms with Gasteiger partial charge in [-0.1, -0.05) is 6.07 Å². The lowest BCUT2D eigenvalue weighted by Crippen LogP contribution is -2.21. The topological polar surface area (TPSA) is 92.0 Å². The number of halogens is 1. The number of hydrogen-bond acceptors (Lipinski definition) is 3. The van der Waals surface area contributed by atoms with E-state index in [-0.39, 0.29) is 11.1 Å². The molecule has 3 aromatic rings. The first-order valence-electron chi connectivity index (χ1n) is 7.07. The van der Waals surface area contributed by atoms with Crippen molar-refractivity contribution < 1.29 is 14.3 Å². The van der Waals surface area contributed by atoms with E-state index in [1.54, 1.807) is 24.5 Å².